The average molecular weight is 261 g/mol. The molecular weight excluding hydrogens is 242 g/mol. The van der Waals surface area contributed by atoms with E-state index in [4.69, 9.17) is 4.74 Å². The largest absolute Gasteiger partial charge is 0.487 e. The van der Waals surface area contributed by atoms with Crippen LogP contribution in [-0.4, -0.2) is 20.1 Å². The highest BCUT2D eigenvalue weighted by atomic mass is 16.5. The monoisotopic (exact) mass is 261 g/mol. The lowest BCUT2D eigenvalue weighted by molar-refractivity contribution is 0.260. The smallest absolute Gasteiger partial charge is 0.132 e. The van der Waals surface area contributed by atoms with E-state index in [9.17, 15) is 5.11 Å². The second kappa shape index (κ2) is 5.84. The van der Waals surface area contributed by atoms with Crippen LogP contribution in [0.15, 0.2) is 24.3 Å². The van der Waals surface area contributed by atoms with E-state index in [0.29, 0.717) is 12.3 Å². The number of hydrogen-bond acceptors (Lipinski definition) is 4. The minimum Gasteiger partial charge on any atom is -0.487 e. The van der Waals surface area contributed by atoms with Crippen molar-refractivity contribution in [3.05, 3.63) is 41.2 Å². The molecule has 2 aromatic rings. The standard InChI is InChI=1S/C14H19N3O2/c1-10(2)17-14(13(8-18)15-16-17)9-19-12-6-4-11(3)5-7-12/h4-7,10,18H,8-9H2,1-3H3. The van der Waals surface area contributed by atoms with Gasteiger partial charge in [0.25, 0.3) is 0 Å². The number of rotatable bonds is 5. The summed E-state index contributed by atoms with van der Waals surface area (Å²) in [5.41, 5.74) is 2.58. The number of ether oxygens (including phenoxy) is 1. The molecule has 1 aromatic carbocycles. The number of aliphatic hydroxyl groups is 1. The van der Waals surface area contributed by atoms with Gasteiger partial charge in [-0.1, -0.05) is 22.9 Å². The molecule has 0 radical (unpaired) electrons. The van der Waals surface area contributed by atoms with Gasteiger partial charge in [0.15, 0.2) is 0 Å². The van der Waals surface area contributed by atoms with E-state index in [2.05, 4.69) is 10.3 Å². The molecule has 0 aliphatic rings. The molecule has 0 atom stereocenters. The molecule has 0 unspecified atom stereocenters. The summed E-state index contributed by atoms with van der Waals surface area (Å²) in [5, 5.41) is 17.3. The Kier molecular flexibility index (Phi) is 4.16. The normalized spacial score (nSPS) is 11.0. The van der Waals surface area contributed by atoms with Gasteiger partial charge in [0.2, 0.25) is 0 Å². The highest BCUT2D eigenvalue weighted by Crippen LogP contribution is 2.17. The van der Waals surface area contributed by atoms with Crippen molar-refractivity contribution >= 4 is 0 Å². The summed E-state index contributed by atoms with van der Waals surface area (Å²) in [6.45, 7) is 6.30. The van der Waals surface area contributed by atoms with Crippen LogP contribution in [0, 0.1) is 6.92 Å². The minimum absolute atomic E-state index is 0.126. The number of aryl methyl sites for hydroxylation is 1. The first-order valence-electron chi connectivity index (χ1n) is 6.35. The third kappa shape index (κ3) is 3.12. The fraction of sp³-hybridized carbons (Fsp3) is 0.429. The number of benzene rings is 1. The maximum Gasteiger partial charge on any atom is 0.132 e. The predicted octanol–water partition coefficient (Wildman–Crippen LogP) is 2.24. The van der Waals surface area contributed by atoms with Crippen LogP contribution in [0.5, 0.6) is 5.75 Å². The van der Waals surface area contributed by atoms with Crippen LogP contribution < -0.4 is 4.74 Å². The molecule has 5 heteroatoms. The van der Waals surface area contributed by atoms with Crippen LogP contribution in [0.3, 0.4) is 0 Å². The van der Waals surface area contributed by atoms with Gasteiger partial charge < -0.3 is 9.84 Å². The molecule has 102 valence electrons. The molecule has 0 amide bonds. The SMILES string of the molecule is Cc1ccc(OCc2c(CO)nnn2C(C)C)cc1. The van der Waals surface area contributed by atoms with E-state index in [1.165, 1.54) is 5.56 Å². The van der Waals surface area contributed by atoms with Gasteiger partial charge >= 0.3 is 0 Å². The molecule has 1 heterocycles. The molecule has 0 spiro atoms. The summed E-state index contributed by atoms with van der Waals surface area (Å²) in [7, 11) is 0. The second-order valence-corrected chi connectivity index (χ2v) is 4.78. The lowest BCUT2D eigenvalue weighted by Crippen LogP contribution is -2.11. The zero-order valence-corrected chi connectivity index (χ0v) is 11.5. The fourth-order valence-electron chi connectivity index (χ4n) is 1.82. The zero-order chi connectivity index (χ0) is 13.8. The van der Waals surface area contributed by atoms with E-state index in [1.54, 1.807) is 4.68 Å². The third-order valence-electron chi connectivity index (χ3n) is 2.91. The van der Waals surface area contributed by atoms with E-state index in [0.717, 1.165) is 11.4 Å². The van der Waals surface area contributed by atoms with Gasteiger partial charge in [-0.2, -0.15) is 0 Å². The zero-order valence-electron chi connectivity index (χ0n) is 11.5. The van der Waals surface area contributed by atoms with Crippen molar-refractivity contribution in [3.63, 3.8) is 0 Å². The molecule has 0 saturated heterocycles. The third-order valence-corrected chi connectivity index (χ3v) is 2.91. The van der Waals surface area contributed by atoms with Gasteiger partial charge in [0, 0.05) is 6.04 Å². The quantitative estimate of drug-likeness (QED) is 0.896. The van der Waals surface area contributed by atoms with Crippen molar-refractivity contribution in [2.45, 2.75) is 40.0 Å². The van der Waals surface area contributed by atoms with E-state index < -0.39 is 0 Å². The maximum absolute atomic E-state index is 9.28. The lowest BCUT2D eigenvalue weighted by Gasteiger charge is -2.12. The Morgan fingerprint density at radius 2 is 1.95 bits per heavy atom. The van der Waals surface area contributed by atoms with Gasteiger partial charge in [0.1, 0.15) is 23.7 Å². The van der Waals surface area contributed by atoms with Gasteiger partial charge in [-0.15, -0.1) is 5.10 Å². The molecule has 1 N–H and O–H groups in total. The first kappa shape index (κ1) is 13.5. The highest BCUT2D eigenvalue weighted by Gasteiger charge is 2.14. The minimum atomic E-state index is -0.126. The summed E-state index contributed by atoms with van der Waals surface area (Å²) in [6.07, 6.45) is 0. The molecule has 0 fully saturated rings. The molecule has 0 saturated carbocycles. The van der Waals surface area contributed by atoms with Crippen LogP contribution in [0.1, 0.15) is 36.8 Å². The highest BCUT2D eigenvalue weighted by molar-refractivity contribution is 5.26. The number of hydrogen-bond donors (Lipinski definition) is 1. The van der Waals surface area contributed by atoms with Crippen molar-refractivity contribution in [1.29, 1.82) is 0 Å². The molecule has 0 bridgehead atoms. The van der Waals surface area contributed by atoms with Crippen molar-refractivity contribution in [2.24, 2.45) is 0 Å². The van der Waals surface area contributed by atoms with E-state index in [-0.39, 0.29) is 12.6 Å². The second-order valence-electron chi connectivity index (χ2n) is 4.78. The molecule has 0 aliphatic heterocycles. The molecule has 5 nitrogen and oxygen atoms in total. The van der Waals surface area contributed by atoms with Crippen LogP contribution in [0.2, 0.25) is 0 Å². The summed E-state index contributed by atoms with van der Waals surface area (Å²) >= 11 is 0. The number of aliphatic hydroxyl groups excluding tert-OH is 1. The van der Waals surface area contributed by atoms with Gasteiger partial charge in [-0.25, -0.2) is 4.68 Å². The summed E-state index contributed by atoms with van der Waals surface area (Å²) < 4.78 is 7.50. The van der Waals surface area contributed by atoms with Gasteiger partial charge in [-0.05, 0) is 32.9 Å². The molecule has 19 heavy (non-hydrogen) atoms. The van der Waals surface area contributed by atoms with Gasteiger partial charge in [0.05, 0.1) is 6.61 Å². The van der Waals surface area contributed by atoms with E-state index >= 15 is 0 Å². The Bertz CT molecular complexity index is 532. The predicted molar refractivity (Wildman–Crippen MR) is 71.8 cm³/mol. The Balaban J connectivity index is 2.14. The van der Waals surface area contributed by atoms with Crippen molar-refractivity contribution in [1.82, 2.24) is 15.0 Å². The molecular formula is C14H19N3O2. The summed E-state index contributed by atoms with van der Waals surface area (Å²) in [5.74, 6) is 0.797. The Morgan fingerprint density at radius 3 is 2.53 bits per heavy atom. The van der Waals surface area contributed by atoms with Crippen LogP contribution in [-0.2, 0) is 13.2 Å². The topological polar surface area (TPSA) is 60.2 Å². The Morgan fingerprint density at radius 1 is 1.26 bits per heavy atom. The summed E-state index contributed by atoms with van der Waals surface area (Å²) in [6, 6.07) is 8.04. The molecule has 2 rings (SSSR count). The Hall–Kier alpha value is -1.88. The van der Waals surface area contributed by atoms with Crippen LogP contribution in [0.4, 0.5) is 0 Å². The molecule has 1 aromatic heterocycles. The fourth-order valence-corrected chi connectivity index (χ4v) is 1.82. The van der Waals surface area contributed by atoms with Crippen molar-refractivity contribution in [3.8, 4) is 5.75 Å². The van der Waals surface area contributed by atoms with Crippen molar-refractivity contribution in [2.75, 3.05) is 0 Å². The number of nitrogens with zero attached hydrogens (tertiary/aromatic N) is 3. The number of aromatic nitrogens is 3. The maximum atomic E-state index is 9.28. The Labute approximate surface area is 112 Å². The first-order chi connectivity index (χ1) is 9.11. The van der Waals surface area contributed by atoms with Gasteiger partial charge in [-0.3, -0.25) is 0 Å². The van der Waals surface area contributed by atoms with E-state index in [1.807, 2.05) is 45.0 Å². The summed E-state index contributed by atoms with van der Waals surface area (Å²) in [4.78, 5) is 0. The average Bonchev–Trinajstić information content (AvgIpc) is 2.81. The van der Waals surface area contributed by atoms with Crippen molar-refractivity contribution < 1.29 is 9.84 Å². The lowest BCUT2D eigenvalue weighted by atomic mass is 10.2. The van der Waals surface area contributed by atoms with Crippen LogP contribution in [0.25, 0.3) is 0 Å². The first-order valence-corrected chi connectivity index (χ1v) is 6.35. The molecule has 0 aliphatic carbocycles. The van der Waals surface area contributed by atoms with Crippen LogP contribution >= 0.6 is 0 Å².